The molecule has 26 heavy (non-hydrogen) atoms. The predicted octanol–water partition coefficient (Wildman–Crippen LogP) is 2.44. The topological polar surface area (TPSA) is 73.1 Å². The summed E-state index contributed by atoms with van der Waals surface area (Å²) in [5, 5.41) is 0.903. The van der Waals surface area contributed by atoms with Gasteiger partial charge in [-0.1, -0.05) is 17.7 Å². The van der Waals surface area contributed by atoms with Gasteiger partial charge >= 0.3 is 0 Å². The minimum Gasteiger partial charge on any atom is -0.372 e. The highest BCUT2D eigenvalue weighted by Gasteiger charge is 2.23. The first kappa shape index (κ1) is 16.9. The van der Waals surface area contributed by atoms with E-state index in [0.29, 0.717) is 21.7 Å². The van der Waals surface area contributed by atoms with Gasteiger partial charge in [0.1, 0.15) is 24.3 Å². The Labute approximate surface area is 155 Å². The second-order valence-electron chi connectivity index (χ2n) is 6.45. The van der Waals surface area contributed by atoms with Crippen LogP contribution in [0.5, 0.6) is 0 Å². The molecular weight excluding hydrogens is 354 g/mol. The second-order valence-corrected chi connectivity index (χ2v) is 6.86. The van der Waals surface area contributed by atoms with E-state index in [-0.39, 0.29) is 17.8 Å². The maximum Gasteiger partial charge on any atom is 0.267 e. The lowest BCUT2D eigenvalue weighted by Gasteiger charge is -2.36. The van der Waals surface area contributed by atoms with Crippen LogP contribution in [-0.4, -0.2) is 44.8 Å². The zero-order valence-corrected chi connectivity index (χ0v) is 15.2. The van der Waals surface area contributed by atoms with E-state index in [1.54, 1.807) is 24.3 Å². The van der Waals surface area contributed by atoms with Gasteiger partial charge in [-0.2, -0.15) is 0 Å². The molecule has 0 spiro atoms. The number of ether oxygens (including phenoxy) is 1. The molecule has 1 aromatic carbocycles. The quantitative estimate of drug-likeness (QED) is 0.689. The molecule has 3 aromatic rings. The summed E-state index contributed by atoms with van der Waals surface area (Å²) in [7, 11) is 0. The number of nitrogens with zero attached hydrogens (tertiary/aromatic N) is 5. The Morgan fingerprint density at radius 3 is 2.62 bits per heavy atom. The van der Waals surface area contributed by atoms with Crippen LogP contribution in [0, 0.1) is 0 Å². The van der Waals surface area contributed by atoms with Crippen LogP contribution in [0.15, 0.2) is 41.7 Å². The first-order chi connectivity index (χ1) is 12.5. The van der Waals surface area contributed by atoms with Crippen LogP contribution in [0.3, 0.4) is 0 Å². The van der Waals surface area contributed by atoms with Crippen LogP contribution in [0.2, 0.25) is 5.02 Å². The maximum absolute atomic E-state index is 12.8. The van der Waals surface area contributed by atoms with Crippen LogP contribution < -0.4 is 10.5 Å². The van der Waals surface area contributed by atoms with Crippen molar-refractivity contribution in [3.8, 4) is 5.82 Å². The SMILES string of the molecule is C[C@@H]1CN(c2cc(-n3cnc4c(Cl)cccc4c3=O)ncn2)C[C@H](C)O1. The minimum absolute atomic E-state index is 0.115. The Morgan fingerprint density at radius 2 is 1.85 bits per heavy atom. The summed E-state index contributed by atoms with van der Waals surface area (Å²) < 4.78 is 7.18. The Balaban J connectivity index is 1.76. The van der Waals surface area contributed by atoms with Gasteiger partial charge in [-0.05, 0) is 26.0 Å². The van der Waals surface area contributed by atoms with Crippen molar-refractivity contribution >= 4 is 28.3 Å². The summed E-state index contributed by atoms with van der Waals surface area (Å²) in [6.45, 7) is 5.54. The molecule has 1 saturated heterocycles. The number of hydrogen-bond donors (Lipinski definition) is 0. The van der Waals surface area contributed by atoms with Crippen molar-refractivity contribution in [2.75, 3.05) is 18.0 Å². The molecular formula is C18H18ClN5O2. The largest absolute Gasteiger partial charge is 0.372 e. The summed E-state index contributed by atoms with van der Waals surface area (Å²) in [5.74, 6) is 1.23. The maximum atomic E-state index is 12.8. The monoisotopic (exact) mass is 371 g/mol. The molecule has 8 heteroatoms. The van der Waals surface area contributed by atoms with Gasteiger partial charge in [-0.25, -0.2) is 15.0 Å². The molecule has 2 atom stereocenters. The van der Waals surface area contributed by atoms with Crippen LogP contribution in [0.1, 0.15) is 13.8 Å². The number of halogens is 1. The van der Waals surface area contributed by atoms with Crippen molar-refractivity contribution < 1.29 is 4.74 Å². The first-order valence-electron chi connectivity index (χ1n) is 8.41. The highest BCUT2D eigenvalue weighted by atomic mass is 35.5. The van der Waals surface area contributed by atoms with Gasteiger partial charge in [0.05, 0.1) is 28.1 Å². The fourth-order valence-electron chi connectivity index (χ4n) is 3.29. The number of para-hydroxylation sites is 1. The minimum atomic E-state index is -0.217. The third kappa shape index (κ3) is 3.04. The van der Waals surface area contributed by atoms with E-state index in [0.717, 1.165) is 18.9 Å². The Morgan fingerprint density at radius 1 is 1.12 bits per heavy atom. The summed E-state index contributed by atoms with van der Waals surface area (Å²) in [4.78, 5) is 27.9. The van der Waals surface area contributed by atoms with Crippen LogP contribution in [0.25, 0.3) is 16.7 Å². The van der Waals surface area contributed by atoms with Crippen molar-refractivity contribution in [1.82, 2.24) is 19.5 Å². The summed E-state index contributed by atoms with van der Waals surface area (Å²) in [6, 6.07) is 6.95. The van der Waals surface area contributed by atoms with Crippen LogP contribution in [-0.2, 0) is 4.74 Å². The lowest BCUT2D eigenvalue weighted by atomic mass is 10.2. The lowest BCUT2D eigenvalue weighted by Crippen LogP contribution is -2.45. The van der Waals surface area contributed by atoms with E-state index in [1.165, 1.54) is 17.2 Å². The summed E-state index contributed by atoms with van der Waals surface area (Å²) in [6.07, 6.45) is 3.14. The fraction of sp³-hybridized carbons (Fsp3) is 0.333. The molecule has 0 saturated carbocycles. The third-order valence-corrected chi connectivity index (χ3v) is 4.67. The molecule has 1 aliphatic heterocycles. The number of aromatic nitrogens is 4. The van der Waals surface area contributed by atoms with Gasteiger partial charge in [-0.3, -0.25) is 9.36 Å². The van der Waals surface area contributed by atoms with E-state index in [2.05, 4.69) is 19.9 Å². The normalized spacial score (nSPS) is 20.5. The van der Waals surface area contributed by atoms with Gasteiger partial charge in [0.15, 0.2) is 0 Å². The zero-order chi connectivity index (χ0) is 18.3. The second kappa shape index (κ2) is 6.66. The van der Waals surface area contributed by atoms with E-state index in [9.17, 15) is 4.79 Å². The Hall–Kier alpha value is -2.51. The number of benzene rings is 1. The van der Waals surface area contributed by atoms with Crippen molar-refractivity contribution in [3.63, 3.8) is 0 Å². The standard InChI is InChI=1S/C18H18ClN5O2/c1-11-7-23(8-12(2)26-11)15-6-16(21-9-20-15)24-10-22-17-13(18(24)25)4-3-5-14(17)19/h3-6,9-12H,7-8H2,1-2H3/t11-,12+. The van der Waals surface area contributed by atoms with E-state index in [4.69, 9.17) is 16.3 Å². The van der Waals surface area contributed by atoms with Gasteiger partial charge < -0.3 is 9.64 Å². The van der Waals surface area contributed by atoms with Crippen LogP contribution in [0.4, 0.5) is 5.82 Å². The average Bonchev–Trinajstić information content (AvgIpc) is 2.62. The Bertz CT molecular complexity index is 1010. The van der Waals surface area contributed by atoms with Crippen molar-refractivity contribution in [2.45, 2.75) is 26.1 Å². The summed E-state index contributed by atoms with van der Waals surface area (Å²) in [5.41, 5.74) is 0.270. The zero-order valence-electron chi connectivity index (χ0n) is 14.5. The van der Waals surface area contributed by atoms with E-state index < -0.39 is 0 Å². The van der Waals surface area contributed by atoms with Crippen molar-refractivity contribution in [3.05, 3.63) is 52.3 Å². The van der Waals surface area contributed by atoms with Crippen molar-refractivity contribution in [1.29, 1.82) is 0 Å². The highest BCUT2D eigenvalue weighted by Crippen LogP contribution is 2.21. The smallest absolute Gasteiger partial charge is 0.267 e. The third-order valence-electron chi connectivity index (χ3n) is 4.37. The van der Waals surface area contributed by atoms with E-state index in [1.807, 2.05) is 13.8 Å². The number of fused-ring (bicyclic) bond motifs is 1. The molecule has 3 heterocycles. The number of rotatable bonds is 2. The summed E-state index contributed by atoms with van der Waals surface area (Å²) >= 11 is 6.13. The molecule has 0 aliphatic carbocycles. The Kier molecular flexibility index (Phi) is 4.34. The molecule has 0 bridgehead atoms. The number of hydrogen-bond acceptors (Lipinski definition) is 6. The van der Waals surface area contributed by atoms with Gasteiger partial charge in [0.2, 0.25) is 0 Å². The first-order valence-corrected chi connectivity index (χ1v) is 8.79. The molecule has 4 rings (SSSR count). The lowest BCUT2D eigenvalue weighted by molar-refractivity contribution is -0.00546. The number of morpholine rings is 1. The molecule has 134 valence electrons. The van der Waals surface area contributed by atoms with Crippen molar-refractivity contribution in [2.24, 2.45) is 0 Å². The highest BCUT2D eigenvalue weighted by molar-refractivity contribution is 6.34. The van der Waals surface area contributed by atoms with Crippen LogP contribution >= 0.6 is 11.6 Å². The molecule has 2 aromatic heterocycles. The molecule has 0 radical (unpaired) electrons. The average molecular weight is 372 g/mol. The van der Waals surface area contributed by atoms with Gasteiger partial charge in [0.25, 0.3) is 5.56 Å². The fourth-order valence-corrected chi connectivity index (χ4v) is 3.51. The molecule has 7 nitrogen and oxygen atoms in total. The molecule has 0 amide bonds. The molecule has 0 N–H and O–H groups in total. The molecule has 0 unspecified atom stereocenters. The predicted molar refractivity (Wildman–Crippen MR) is 100 cm³/mol. The van der Waals surface area contributed by atoms with Gasteiger partial charge in [-0.15, -0.1) is 0 Å². The molecule has 1 fully saturated rings. The van der Waals surface area contributed by atoms with E-state index >= 15 is 0 Å². The van der Waals surface area contributed by atoms with Gasteiger partial charge in [0, 0.05) is 19.2 Å². The number of anilines is 1. The molecule has 1 aliphatic rings.